The van der Waals surface area contributed by atoms with Gasteiger partial charge in [0.05, 0.1) is 12.1 Å². The standard InChI is InChI=1S/C20H20N2O2/c21-17(13-15-7-3-1-4-8-15)19-18(23)11-12-22(20(19)24)14-16-9-5-2-6-10-16/h1-12,17,23H,13-14,21H2. The Labute approximate surface area is 140 Å². The minimum atomic E-state index is -0.553. The molecule has 0 radical (unpaired) electrons. The van der Waals surface area contributed by atoms with E-state index in [1.54, 1.807) is 10.8 Å². The van der Waals surface area contributed by atoms with E-state index < -0.39 is 6.04 Å². The molecule has 0 amide bonds. The Kier molecular flexibility index (Phi) is 4.77. The Morgan fingerprint density at radius 2 is 1.50 bits per heavy atom. The van der Waals surface area contributed by atoms with E-state index in [1.807, 2.05) is 60.7 Å². The van der Waals surface area contributed by atoms with E-state index in [2.05, 4.69) is 0 Å². The highest BCUT2D eigenvalue weighted by Crippen LogP contribution is 2.21. The molecule has 3 N–H and O–H groups in total. The van der Waals surface area contributed by atoms with Gasteiger partial charge in [0.2, 0.25) is 0 Å². The third-order valence-electron chi connectivity index (χ3n) is 4.04. The van der Waals surface area contributed by atoms with Gasteiger partial charge in [0.1, 0.15) is 5.75 Å². The summed E-state index contributed by atoms with van der Waals surface area (Å²) in [6, 6.07) is 20.4. The van der Waals surface area contributed by atoms with Crippen LogP contribution in [0.5, 0.6) is 5.75 Å². The zero-order valence-electron chi connectivity index (χ0n) is 13.3. The number of nitrogens with zero attached hydrogens (tertiary/aromatic N) is 1. The van der Waals surface area contributed by atoms with Crippen LogP contribution in [0.15, 0.2) is 77.7 Å². The normalized spacial score (nSPS) is 12.0. The Balaban J connectivity index is 1.90. The van der Waals surface area contributed by atoms with Crippen LogP contribution in [-0.2, 0) is 13.0 Å². The van der Waals surface area contributed by atoms with E-state index in [1.165, 1.54) is 6.07 Å². The van der Waals surface area contributed by atoms with Crippen LogP contribution in [0.3, 0.4) is 0 Å². The van der Waals surface area contributed by atoms with Crippen LogP contribution in [0, 0.1) is 0 Å². The Morgan fingerprint density at radius 1 is 0.917 bits per heavy atom. The van der Waals surface area contributed by atoms with Crippen molar-refractivity contribution in [3.63, 3.8) is 0 Å². The molecule has 0 bridgehead atoms. The fourth-order valence-electron chi connectivity index (χ4n) is 2.81. The van der Waals surface area contributed by atoms with Crippen LogP contribution in [0.25, 0.3) is 0 Å². The molecule has 4 heteroatoms. The number of hydrogen-bond donors (Lipinski definition) is 2. The first-order chi connectivity index (χ1) is 11.6. The van der Waals surface area contributed by atoms with Crippen molar-refractivity contribution in [1.29, 1.82) is 0 Å². The summed E-state index contributed by atoms with van der Waals surface area (Å²) in [5.41, 5.74) is 8.28. The molecule has 1 atom stereocenters. The van der Waals surface area contributed by atoms with E-state index in [-0.39, 0.29) is 16.9 Å². The SMILES string of the molecule is NC(Cc1ccccc1)c1c(O)ccn(Cc2ccccc2)c1=O. The predicted octanol–water partition coefficient (Wildman–Crippen LogP) is 2.84. The highest BCUT2D eigenvalue weighted by Gasteiger charge is 2.17. The zero-order chi connectivity index (χ0) is 16.9. The third kappa shape index (κ3) is 3.55. The molecule has 0 saturated carbocycles. The van der Waals surface area contributed by atoms with Crippen molar-refractivity contribution in [3.8, 4) is 5.75 Å². The molecule has 3 aromatic rings. The van der Waals surface area contributed by atoms with Crippen LogP contribution < -0.4 is 11.3 Å². The summed E-state index contributed by atoms with van der Waals surface area (Å²) in [6.45, 7) is 0.449. The van der Waals surface area contributed by atoms with Crippen molar-refractivity contribution >= 4 is 0 Å². The molecule has 122 valence electrons. The average Bonchev–Trinajstić information content (AvgIpc) is 2.59. The van der Waals surface area contributed by atoms with Crippen molar-refractivity contribution in [2.45, 2.75) is 19.0 Å². The van der Waals surface area contributed by atoms with Gasteiger partial charge in [-0.1, -0.05) is 60.7 Å². The van der Waals surface area contributed by atoms with Crippen molar-refractivity contribution < 1.29 is 5.11 Å². The summed E-state index contributed by atoms with van der Waals surface area (Å²) in [5.74, 6) is -0.0484. The lowest BCUT2D eigenvalue weighted by molar-refractivity contribution is 0.454. The van der Waals surface area contributed by atoms with E-state index in [0.717, 1.165) is 11.1 Å². The van der Waals surface area contributed by atoms with Crippen LogP contribution in [0.2, 0.25) is 0 Å². The molecule has 0 saturated heterocycles. The maximum atomic E-state index is 12.7. The quantitative estimate of drug-likeness (QED) is 0.759. The second kappa shape index (κ2) is 7.15. The lowest BCUT2D eigenvalue weighted by Gasteiger charge is -2.15. The summed E-state index contributed by atoms with van der Waals surface area (Å²) < 4.78 is 1.58. The van der Waals surface area contributed by atoms with Gasteiger partial charge in [-0.25, -0.2) is 0 Å². The molecule has 0 aliphatic rings. The zero-order valence-corrected chi connectivity index (χ0v) is 13.3. The van der Waals surface area contributed by atoms with Gasteiger partial charge in [0, 0.05) is 12.2 Å². The molecular formula is C20H20N2O2. The predicted molar refractivity (Wildman–Crippen MR) is 95.0 cm³/mol. The first kappa shape index (κ1) is 16.0. The first-order valence-corrected chi connectivity index (χ1v) is 7.91. The smallest absolute Gasteiger partial charge is 0.259 e. The maximum absolute atomic E-state index is 12.7. The van der Waals surface area contributed by atoms with Gasteiger partial charge in [-0.05, 0) is 23.6 Å². The highest BCUT2D eigenvalue weighted by molar-refractivity contribution is 5.34. The highest BCUT2D eigenvalue weighted by atomic mass is 16.3. The number of aromatic nitrogens is 1. The van der Waals surface area contributed by atoms with E-state index in [4.69, 9.17) is 5.73 Å². The Hall–Kier alpha value is -2.85. The van der Waals surface area contributed by atoms with Crippen molar-refractivity contribution in [2.75, 3.05) is 0 Å². The molecule has 0 aliphatic heterocycles. The summed E-state index contributed by atoms with van der Waals surface area (Å²) in [5, 5.41) is 10.1. The number of pyridine rings is 1. The molecule has 4 nitrogen and oxygen atoms in total. The van der Waals surface area contributed by atoms with Crippen LogP contribution in [0.1, 0.15) is 22.7 Å². The first-order valence-electron chi connectivity index (χ1n) is 7.91. The molecule has 3 rings (SSSR count). The molecular weight excluding hydrogens is 300 g/mol. The number of hydrogen-bond acceptors (Lipinski definition) is 3. The topological polar surface area (TPSA) is 68.2 Å². The van der Waals surface area contributed by atoms with Crippen LogP contribution in [0.4, 0.5) is 0 Å². The second-order valence-electron chi connectivity index (χ2n) is 5.83. The third-order valence-corrected chi connectivity index (χ3v) is 4.04. The average molecular weight is 320 g/mol. The molecule has 1 unspecified atom stereocenters. The van der Waals surface area contributed by atoms with Gasteiger partial charge in [-0.3, -0.25) is 4.79 Å². The van der Waals surface area contributed by atoms with Crippen molar-refractivity contribution in [3.05, 3.63) is 100.0 Å². The summed E-state index contributed by atoms with van der Waals surface area (Å²) in [7, 11) is 0. The minimum Gasteiger partial charge on any atom is -0.507 e. The molecule has 0 spiro atoms. The number of nitrogens with two attached hydrogens (primary N) is 1. The van der Waals surface area contributed by atoms with Gasteiger partial charge in [0.15, 0.2) is 0 Å². The van der Waals surface area contributed by atoms with Gasteiger partial charge < -0.3 is 15.4 Å². The number of rotatable bonds is 5. The van der Waals surface area contributed by atoms with Crippen molar-refractivity contribution in [1.82, 2.24) is 4.57 Å². The van der Waals surface area contributed by atoms with Crippen LogP contribution in [-0.4, -0.2) is 9.67 Å². The molecule has 24 heavy (non-hydrogen) atoms. The van der Waals surface area contributed by atoms with Gasteiger partial charge >= 0.3 is 0 Å². The summed E-state index contributed by atoms with van der Waals surface area (Å²) in [4.78, 5) is 12.7. The molecule has 2 aromatic carbocycles. The number of aromatic hydroxyl groups is 1. The van der Waals surface area contributed by atoms with Crippen molar-refractivity contribution in [2.24, 2.45) is 5.73 Å². The van der Waals surface area contributed by atoms with Gasteiger partial charge in [0.25, 0.3) is 5.56 Å². The largest absolute Gasteiger partial charge is 0.507 e. The molecule has 1 heterocycles. The Bertz CT molecular complexity index is 858. The van der Waals surface area contributed by atoms with Gasteiger partial charge in [-0.15, -0.1) is 0 Å². The number of benzene rings is 2. The lowest BCUT2D eigenvalue weighted by atomic mass is 10.00. The fraction of sp³-hybridized carbons (Fsp3) is 0.150. The fourth-order valence-corrected chi connectivity index (χ4v) is 2.81. The maximum Gasteiger partial charge on any atom is 0.259 e. The van der Waals surface area contributed by atoms with E-state index in [9.17, 15) is 9.90 Å². The summed E-state index contributed by atoms with van der Waals surface area (Å²) >= 11 is 0. The molecule has 0 aliphatic carbocycles. The van der Waals surface area contributed by atoms with Gasteiger partial charge in [-0.2, -0.15) is 0 Å². The van der Waals surface area contributed by atoms with E-state index >= 15 is 0 Å². The monoisotopic (exact) mass is 320 g/mol. The second-order valence-corrected chi connectivity index (χ2v) is 5.83. The molecule has 0 fully saturated rings. The lowest BCUT2D eigenvalue weighted by Crippen LogP contribution is -2.29. The molecule has 1 aromatic heterocycles. The Morgan fingerprint density at radius 3 is 2.12 bits per heavy atom. The minimum absolute atomic E-state index is 0.0484. The van der Waals surface area contributed by atoms with Crippen LogP contribution >= 0.6 is 0 Å². The summed E-state index contributed by atoms with van der Waals surface area (Å²) in [6.07, 6.45) is 2.10. The van der Waals surface area contributed by atoms with E-state index in [0.29, 0.717) is 13.0 Å².